The monoisotopic (exact) mass is 480 g/mol. The first-order chi connectivity index (χ1) is 16.6. The molecule has 9 nitrogen and oxygen atoms in total. The third-order valence-corrected chi connectivity index (χ3v) is 7.33. The standard InChI is InChI=1S/C24H28N6O3S/c1-33-22-5-3-18-23(29-22)17(6-9-25-18)19(31)13-30-10-7-15(8-11-30)26-12-16-2-4-20-24(27-16)28-21(32)14-34-20/h2-6,9,15,19,26,31H,7-8,10-14H2,1H3,(H,27,28,32). The number of carbonyl (C=O) groups is 1. The highest BCUT2D eigenvalue weighted by Crippen LogP contribution is 2.30. The van der Waals surface area contributed by atoms with Crippen LogP contribution in [0.4, 0.5) is 5.82 Å². The molecule has 34 heavy (non-hydrogen) atoms. The zero-order valence-electron chi connectivity index (χ0n) is 19.0. The van der Waals surface area contributed by atoms with E-state index in [-0.39, 0.29) is 5.91 Å². The lowest BCUT2D eigenvalue weighted by Gasteiger charge is -2.33. The molecule has 1 atom stereocenters. The second kappa shape index (κ2) is 10.2. The van der Waals surface area contributed by atoms with Gasteiger partial charge in [0.05, 0.1) is 40.6 Å². The lowest BCUT2D eigenvalue weighted by molar-refractivity contribution is -0.113. The summed E-state index contributed by atoms with van der Waals surface area (Å²) < 4.78 is 5.24. The van der Waals surface area contributed by atoms with Crippen LogP contribution in [0, 0.1) is 0 Å². The van der Waals surface area contributed by atoms with Gasteiger partial charge < -0.3 is 25.4 Å². The van der Waals surface area contributed by atoms with Crippen molar-refractivity contribution in [1.29, 1.82) is 0 Å². The van der Waals surface area contributed by atoms with Crippen LogP contribution in [0.3, 0.4) is 0 Å². The first-order valence-electron chi connectivity index (χ1n) is 11.4. The van der Waals surface area contributed by atoms with Gasteiger partial charge in [-0.05, 0) is 50.2 Å². The van der Waals surface area contributed by atoms with Crippen LogP contribution in [0.15, 0.2) is 41.4 Å². The van der Waals surface area contributed by atoms with Gasteiger partial charge in [-0.3, -0.25) is 9.78 Å². The minimum absolute atomic E-state index is 0.000601. The molecule has 0 bridgehead atoms. The summed E-state index contributed by atoms with van der Waals surface area (Å²) in [4.78, 5) is 28.4. The number of hydrogen-bond donors (Lipinski definition) is 3. The summed E-state index contributed by atoms with van der Waals surface area (Å²) in [5.74, 6) is 1.62. The molecule has 3 N–H and O–H groups in total. The molecule has 0 aliphatic carbocycles. The topological polar surface area (TPSA) is 113 Å². The molecule has 3 aromatic rings. The number of nitrogens with zero attached hydrogens (tertiary/aromatic N) is 4. The number of hydrogen-bond acceptors (Lipinski definition) is 9. The first-order valence-corrected chi connectivity index (χ1v) is 12.4. The molecule has 1 unspecified atom stereocenters. The van der Waals surface area contributed by atoms with Crippen LogP contribution >= 0.6 is 11.8 Å². The van der Waals surface area contributed by atoms with E-state index in [4.69, 9.17) is 4.74 Å². The number of likely N-dealkylation sites (tertiary alicyclic amines) is 1. The SMILES string of the molecule is COc1ccc2nccc(C(O)CN3CCC(NCc4ccc5c(n4)NC(=O)CS5)CC3)c2n1. The van der Waals surface area contributed by atoms with Crippen molar-refractivity contribution in [2.24, 2.45) is 0 Å². The molecule has 0 saturated carbocycles. The molecule has 1 saturated heterocycles. The minimum atomic E-state index is -0.651. The molecule has 3 aromatic heterocycles. The Morgan fingerprint density at radius 1 is 1.24 bits per heavy atom. The number of aliphatic hydroxyl groups is 1. The molecule has 0 aromatic carbocycles. The van der Waals surface area contributed by atoms with Crippen molar-refractivity contribution in [3.05, 3.63) is 47.8 Å². The zero-order valence-corrected chi connectivity index (χ0v) is 19.8. The Labute approximate surface area is 202 Å². The second-order valence-electron chi connectivity index (χ2n) is 8.58. The molecule has 1 amide bonds. The predicted molar refractivity (Wildman–Crippen MR) is 131 cm³/mol. The highest BCUT2D eigenvalue weighted by Gasteiger charge is 2.23. The number of carbonyl (C=O) groups excluding carboxylic acids is 1. The zero-order chi connectivity index (χ0) is 23.5. The van der Waals surface area contributed by atoms with Gasteiger partial charge >= 0.3 is 0 Å². The molecule has 2 aliphatic heterocycles. The summed E-state index contributed by atoms with van der Waals surface area (Å²) in [7, 11) is 1.58. The summed E-state index contributed by atoms with van der Waals surface area (Å²) in [6.45, 7) is 3.02. The fraction of sp³-hybridized carbons (Fsp3) is 0.417. The van der Waals surface area contributed by atoms with Crippen molar-refractivity contribution in [2.45, 2.75) is 36.4 Å². The molecule has 10 heteroatoms. The predicted octanol–water partition coefficient (Wildman–Crippen LogP) is 2.37. The number of thioether (sulfide) groups is 1. The van der Waals surface area contributed by atoms with Gasteiger partial charge in [0.2, 0.25) is 11.8 Å². The Hall–Kier alpha value is -2.79. The van der Waals surface area contributed by atoms with Gasteiger partial charge in [-0.15, -0.1) is 11.8 Å². The number of aliphatic hydroxyl groups excluding tert-OH is 1. The van der Waals surface area contributed by atoms with Crippen LogP contribution in [0.25, 0.3) is 11.0 Å². The van der Waals surface area contributed by atoms with E-state index in [9.17, 15) is 9.90 Å². The summed E-state index contributed by atoms with van der Waals surface area (Å²) in [5.41, 5.74) is 3.12. The average molecular weight is 481 g/mol. The maximum absolute atomic E-state index is 11.6. The minimum Gasteiger partial charge on any atom is -0.481 e. The lowest BCUT2D eigenvalue weighted by Crippen LogP contribution is -2.43. The molecular weight excluding hydrogens is 452 g/mol. The fourth-order valence-electron chi connectivity index (χ4n) is 4.42. The first kappa shape index (κ1) is 23.0. The average Bonchev–Trinajstić information content (AvgIpc) is 2.87. The normalized spacial score (nSPS) is 17.9. The van der Waals surface area contributed by atoms with Gasteiger partial charge in [0.25, 0.3) is 0 Å². The summed E-state index contributed by atoms with van der Waals surface area (Å²) in [6, 6.07) is 9.91. The van der Waals surface area contributed by atoms with Crippen LogP contribution in [-0.2, 0) is 11.3 Å². The Balaban J connectivity index is 1.14. The number of ether oxygens (including phenoxy) is 1. The number of β-amino-alcohol motifs (C(OH)–C–C–N with tert-alkyl or cyclic N) is 1. The number of rotatable bonds is 7. The molecule has 5 rings (SSSR count). The van der Waals surface area contributed by atoms with Gasteiger partial charge in [-0.1, -0.05) is 0 Å². The lowest BCUT2D eigenvalue weighted by atomic mass is 10.0. The maximum atomic E-state index is 11.6. The Morgan fingerprint density at radius 3 is 2.91 bits per heavy atom. The van der Waals surface area contributed by atoms with Crippen molar-refractivity contribution in [3.8, 4) is 5.88 Å². The van der Waals surface area contributed by atoms with E-state index in [1.165, 1.54) is 11.8 Å². The highest BCUT2D eigenvalue weighted by molar-refractivity contribution is 8.00. The van der Waals surface area contributed by atoms with Gasteiger partial charge in [0.1, 0.15) is 5.82 Å². The summed E-state index contributed by atoms with van der Waals surface area (Å²) >= 11 is 1.52. The van der Waals surface area contributed by atoms with Crippen LogP contribution in [0.5, 0.6) is 5.88 Å². The smallest absolute Gasteiger partial charge is 0.235 e. The number of fused-ring (bicyclic) bond motifs is 2. The van der Waals surface area contributed by atoms with E-state index in [1.54, 1.807) is 19.4 Å². The van der Waals surface area contributed by atoms with E-state index in [0.717, 1.165) is 47.6 Å². The Morgan fingerprint density at radius 2 is 2.09 bits per heavy atom. The van der Waals surface area contributed by atoms with Crippen LogP contribution in [0.2, 0.25) is 0 Å². The maximum Gasteiger partial charge on any atom is 0.235 e. The van der Waals surface area contributed by atoms with Crippen LogP contribution in [-0.4, -0.2) is 69.4 Å². The number of pyridine rings is 3. The van der Waals surface area contributed by atoms with Crippen molar-refractivity contribution < 1.29 is 14.6 Å². The Kier molecular flexibility index (Phi) is 6.91. The summed E-state index contributed by atoms with van der Waals surface area (Å²) in [6.07, 6.45) is 3.05. The fourth-order valence-corrected chi connectivity index (χ4v) is 5.18. The van der Waals surface area contributed by atoms with Crippen molar-refractivity contribution in [2.75, 3.05) is 37.8 Å². The number of amides is 1. The van der Waals surface area contributed by atoms with E-state index in [0.29, 0.717) is 42.1 Å². The van der Waals surface area contributed by atoms with Crippen molar-refractivity contribution >= 4 is 34.5 Å². The number of anilines is 1. The molecule has 178 valence electrons. The van der Waals surface area contributed by atoms with Crippen molar-refractivity contribution in [1.82, 2.24) is 25.2 Å². The number of methoxy groups -OCH3 is 1. The molecule has 0 spiro atoms. The number of nitrogens with one attached hydrogen (secondary N) is 2. The van der Waals surface area contributed by atoms with E-state index >= 15 is 0 Å². The van der Waals surface area contributed by atoms with Gasteiger partial charge in [0.15, 0.2) is 0 Å². The van der Waals surface area contributed by atoms with E-state index in [2.05, 4.69) is 30.5 Å². The van der Waals surface area contributed by atoms with Crippen LogP contribution in [0.1, 0.15) is 30.2 Å². The van der Waals surface area contributed by atoms with Gasteiger partial charge in [-0.2, -0.15) is 0 Å². The molecule has 0 radical (unpaired) electrons. The van der Waals surface area contributed by atoms with E-state index < -0.39 is 6.10 Å². The molecule has 1 fully saturated rings. The van der Waals surface area contributed by atoms with Gasteiger partial charge in [0, 0.05) is 37.0 Å². The Bertz CT molecular complexity index is 1180. The number of aromatic nitrogens is 3. The van der Waals surface area contributed by atoms with Gasteiger partial charge in [-0.25, -0.2) is 9.97 Å². The molecule has 2 aliphatic rings. The third-order valence-electron chi connectivity index (χ3n) is 6.28. The highest BCUT2D eigenvalue weighted by atomic mass is 32.2. The largest absolute Gasteiger partial charge is 0.481 e. The van der Waals surface area contributed by atoms with Crippen molar-refractivity contribution in [3.63, 3.8) is 0 Å². The van der Waals surface area contributed by atoms with Crippen LogP contribution < -0.4 is 15.4 Å². The molecular formula is C24H28N6O3S. The van der Waals surface area contributed by atoms with E-state index in [1.807, 2.05) is 24.3 Å². The number of piperidine rings is 1. The molecule has 5 heterocycles. The second-order valence-corrected chi connectivity index (χ2v) is 9.60. The third kappa shape index (κ3) is 5.15. The summed E-state index contributed by atoms with van der Waals surface area (Å²) in [5, 5.41) is 17.4. The quantitative estimate of drug-likeness (QED) is 0.469.